The summed E-state index contributed by atoms with van der Waals surface area (Å²) in [6.45, 7) is 4.10. The van der Waals surface area contributed by atoms with Crippen LogP contribution in [0.15, 0.2) is 30.5 Å². The van der Waals surface area contributed by atoms with E-state index in [0.29, 0.717) is 6.04 Å². The van der Waals surface area contributed by atoms with Gasteiger partial charge in [-0.25, -0.2) is 9.07 Å². The third-order valence-corrected chi connectivity index (χ3v) is 5.15. The van der Waals surface area contributed by atoms with E-state index in [1.807, 2.05) is 17.8 Å². The molecule has 6 heteroatoms. The number of hydrogen-bond acceptors (Lipinski definition) is 3. The first-order chi connectivity index (χ1) is 12.0. The van der Waals surface area contributed by atoms with E-state index in [-0.39, 0.29) is 17.8 Å². The highest BCUT2D eigenvalue weighted by Gasteiger charge is 2.27. The standard InChI is InChI=1S/C19H24FN3O2/c1-12(22-16-7-3-14(4-8-16)19(24)25)18-11-21-23(13(18)2)17-9-5-15(20)6-10-17/h5-6,9-12,14,16,22H,3-4,7-8H2,1-2H3,(H,24,25). The smallest absolute Gasteiger partial charge is 0.306 e. The van der Waals surface area contributed by atoms with Gasteiger partial charge < -0.3 is 10.4 Å². The van der Waals surface area contributed by atoms with Crippen molar-refractivity contribution in [2.75, 3.05) is 0 Å². The Morgan fingerprint density at radius 3 is 2.52 bits per heavy atom. The van der Waals surface area contributed by atoms with Crippen LogP contribution in [0.2, 0.25) is 0 Å². The Labute approximate surface area is 146 Å². The van der Waals surface area contributed by atoms with E-state index in [1.165, 1.54) is 12.1 Å². The van der Waals surface area contributed by atoms with Crippen molar-refractivity contribution in [1.29, 1.82) is 0 Å². The molecule has 1 heterocycles. The zero-order chi connectivity index (χ0) is 18.0. The van der Waals surface area contributed by atoms with Crippen molar-refractivity contribution in [2.24, 2.45) is 5.92 Å². The van der Waals surface area contributed by atoms with Gasteiger partial charge in [-0.3, -0.25) is 4.79 Å². The molecule has 0 spiro atoms. The van der Waals surface area contributed by atoms with E-state index in [9.17, 15) is 9.18 Å². The lowest BCUT2D eigenvalue weighted by molar-refractivity contribution is -0.142. The Morgan fingerprint density at radius 2 is 1.92 bits per heavy atom. The molecule has 3 rings (SSSR count). The minimum Gasteiger partial charge on any atom is -0.481 e. The highest BCUT2D eigenvalue weighted by molar-refractivity contribution is 5.70. The molecule has 1 unspecified atom stereocenters. The lowest BCUT2D eigenvalue weighted by Gasteiger charge is -2.29. The maximum absolute atomic E-state index is 13.1. The number of hydrogen-bond donors (Lipinski definition) is 2. The van der Waals surface area contributed by atoms with Crippen LogP contribution in [0, 0.1) is 18.7 Å². The van der Waals surface area contributed by atoms with Crippen molar-refractivity contribution in [1.82, 2.24) is 15.1 Å². The first kappa shape index (κ1) is 17.6. The predicted molar refractivity (Wildman–Crippen MR) is 93.2 cm³/mol. The molecule has 1 aromatic carbocycles. The second kappa shape index (κ2) is 7.35. The van der Waals surface area contributed by atoms with Gasteiger partial charge in [-0.05, 0) is 63.8 Å². The molecule has 0 bridgehead atoms. The fourth-order valence-corrected chi connectivity index (χ4v) is 3.64. The highest BCUT2D eigenvalue weighted by atomic mass is 19.1. The van der Waals surface area contributed by atoms with Crippen LogP contribution >= 0.6 is 0 Å². The number of halogens is 1. The van der Waals surface area contributed by atoms with Gasteiger partial charge in [0.15, 0.2) is 0 Å². The van der Waals surface area contributed by atoms with Gasteiger partial charge in [0.1, 0.15) is 5.82 Å². The van der Waals surface area contributed by atoms with E-state index in [4.69, 9.17) is 5.11 Å². The molecule has 1 aliphatic rings. The average Bonchev–Trinajstić information content (AvgIpc) is 2.98. The third-order valence-electron chi connectivity index (χ3n) is 5.15. The second-order valence-electron chi connectivity index (χ2n) is 6.85. The maximum Gasteiger partial charge on any atom is 0.306 e. The molecule has 25 heavy (non-hydrogen) atoms. The monoisotopic (exact) mass is 345 g/mol. The summed E-state index contributed by atoms with van der Waals surface area (Å²) in [4.78, 5) is 11.1. The Kier molecular flexibility index (Phi) is 5.18. The van der Waals surface area contributed by atoms with E-state index < -0.39 is 5.97 Å². The molecule has 134 valence electrons. The van der Waals surface area contributed by atoms with Gasteiger partial charge in [0.25, 0.3) is 0 Å². The Balaban J connectivity index is 1.66. The van der Waals surface area contributed by atoms with Crippen molar-refractivity contribution in [2.45, 2.75) is 51.6 Å². The summed E-state index contributed by atoms with van der Waals surface area (Å²) in [6, 6.07) is 6.74. The van der Waals surface area contributed by atoms with Crippen LogP contribution in [0.25, 0.3) is 5.69 Å². The quantitative estimate of drug-likeness (QED) is 0.869. The molecule has 1 fully saturated rings. The van der Waals surface area contributed by atoms with Crippen molar-refractivity contribution in [3.63, 3.8) is 0 Å². The van der Waals surface area contributed by atoms with E-state index >= 15 is 0 Å². The summed E-state index contributed by atoms with van der Waals surface area (Å²) in [7, 11) is 0. The van der Waals surface area contributed by atoms with Crippen molar-refractivity contribution in [3.8, 4) is 5.69 Å². The molecule has 1 aliphatic carbocycles. The molecular weight excluding hydrogens is 321 g/mol. The number of carboxylic acids is 1. The Bertz CT molecular complexity index is 734. The van der Waals surface area contributed by atoms with Crippen LogP contribution in [0.4, 0.5) is 4.39 Å². The van der Waals surface area contributed by atoms with E-state index in [1.54, 1.807) is 12.1 Å². The van der Waals surface area contributed by atoms with Gasteiger partial charge in [-0.2, -0.15) is 5.10 Å². The SMILES string of the molecule is Cc1c(C(C)NC2CCC(C(=O)O)CC2)cnn1-c1ccc(F)cc1. The van der Waals surface area contributed by atoms with Crippen LogP contribution in [-0.2, 0) is 4.79 Å². The van der Waals surface area contributed by atoms with Crippen LogP contribution in [-0.4, -0.2) is 26.9 Å². The molecule has 5 nitrogen and oxygen atoms in total. The first-order valence-corrected chi connectivity index (χ1v) is 8.75. The van der Waals surface area contributed by atoms with E-state index in [2.05, 4.69) is 17.3 Å². The molecule has 1 saturated carbocycles. The number of benzene rings is 1. The minimum atomic E-state index is -0.678. The van der Waals surface area contributed by atoms with Crippen molar-refractivity contribution in [3.05, 3.63) is 47.5 Å². The molecule has 1 atom stereocenters. The third kappa shape index (κ3) is 3.90. The molecule has 0 amide bonds. The molecular formula is C19H24FN3O2. The van der Waals surface area contributed by atoms with E-state index in [0.717, 1.165) is 42.6 Å². The summed E-state index contributed by atoms with van der Waals surface area (Å²) in [5.74, 6) is -1.14. The molecule has 0 radical (unpaired) electrons. The van der Waals surface area contributed by atoms with Gasteiger partial charge in [-0.15, -0.1) is 0 Å². The Morgan fingerprint density at radius 1 is 1.28 bits per heavy atom. The predicted octanol–water partition coefficient (Wildman–Crippen LogP) is 3.61. The molecule has 0 saturated heterocycles. The van der Waals surface area contributed by atoms with Gasteiger partial charge in [0.05, 0.1) is 17.8 Å². The molecule has 0 aliphatic heterocycles. The highest BCUT2D eigenvalue weighted by Crippen LogP contribution is 2.27. The number of rotatable bonds is 5. The number of aromatic nitrogens is 2. The topological polar surface area (TPSA) is 67.2 Å². The van der Waals surface area contributed by atoms with Gasteiger partial charge in [0, 0.05) is 23.3 Å². The zero-order valence-corrected chi connectivity index (χ0v) is 14.6. The summed E-state index contributed by atoms with van der Waals surface area (Å²) in [6.07, 6.45) is 5.07. The summed E-state index contributed by atoms with van der Waals surface area (Å²) < 4.78 is 14.9. The van der Waals surface area contributed by atoms with Gasteiger partial charge in [-0.1, -0.05) is 0 Å². The average molecular weight is 345 g/mol. The number of carboxylic acid groups (broad SMARTS) is 1. The van der Waals surface area contributed by atoms with Crippen molar-refractivity contribution < 1.29 is 14.3 Å². The lowest BCUT2D eigenvalue weighted by atomic mass is 9.85. The fourth-order valence-electron chi connectivity index (χ4n) is 3.64. The minimum absolute atomic E-state index is 0.126. The summed E-state index contributed by atoms with van der Waals surface area (Å²) >= 11 is 0. The Hall–Kier alpha value is -2.21. The van der Waals surface area contributed by atoms with Crippen LogP contribution in [0.5, 0.6) is 0 Å². The summed E-state index contributed by atoms with van der Waals surface area (Å²) in [5, 5.41) is 17.1. The summed E-state index contributed by atoms with van der Waals surface area (Å²) in [5.41, 5.74) is 2.95. The van der Waals surface area contributed by atoms with Gasteiger partial charge in [0.2, 0.25) is 0 Å². The van der Waals surface area contributed by atoms with Crippen LogP contribution in [0.3, 0.4) is 0 Å². The number of nitrogens with zero attached hydrogens (tertiary/aromatic N) is 2. The number of carbonyl (C=O) groups is 1. The normalized spacial score (nSPS) is 21.9. The lowest BCUT2D eigenvalue weighted by Crippen LogP contribution is -2.36. The molecule has 2 N–H and O–H groups in total. The van der Waals surface area contributed by atoms with Gasteiger partial charge >= 0.3 is 5.97 Å². The second-order valence-corrected chi connectivity index (χ2v) is 6.85. The zero-order valence-electron chi connectivity index (χ0n) is 14.6. The van der Waals surface area contributed by atoms with Crippen LogP contribution in [0.1, 0.15) is 49.9 Å². The van der Waals surface area contributed by atoms with Crippen molar-refractivity contribution >= 4 is 5.97 Å². The first-order valence-electron chi connectivity index (χ1n) is 8.75. The fraction of sp³-hybridized carbons (Fsp3) is 0.474. The van der Waals surface area contributed by atoms with Crippen LogP contribution < -0.4 is 5.32 Å². The maximum atomic E-state index is 13.1. The largest absolute Gasteiger partial charge is 0.481 e. The molecule has 1 aromatic heterocycles. The molecule has 2 aromatic rings. The number of nitrogens with one attached hydrogen (secondary N) is 1. The number of aliphatic carboxylic acids is 1.